The van der Waals surface area contributed by atoms with Crippen molar-refractivity contribution in [2.45, 2.75) is 6.92 Å². The minimum Gasteiger partial charge on any atom is -0.460 e. The van der Waals surface area contributed by atoms with Crippen molar-refractivity contribution in [3.05, 3.63) is 30.2 Å². The first-order chi connectivity index (χ1) is 5.77. The SMILES string of the molecule is C=Cc1ccc(C(=O)OCC)o1. The van der Waals surface area contributed by atoms with Crippen molar-refractivity contribution in [3.8, 4) is 0 Å². The molecule has 0 radical (unpaired) electrons. The maximum atomic E-state index is 11.0. The van der Waals surface area contributed by atoms with Gasteiger partial charge in [0.1, 0.15) is 5.76 Å². The van der Waals surface area contributed by atoms with Crippen LogP contribution in [-0.4, -0.2) is 12.6 Å². The minimum atomic E-state index is -0.439. The Balaban J connectivity index is 2.74. The third-order valence-corrected chi connectivity index (χ3v) is 1.30. The van der Waals surface area contributed by atoms with Gasteiger partial charge in [0, 0.05) is 0 Å². The van der Waals surface area contributed by atoms with E-state index >= 15 is 0 Å². The van der Waals surface area contributed by atoms with Gasteiger partial charge in [-0.3, -0.25) is 0 Å². The van der Waals surface area contributed by atoms with Gasteiger partial charge in [0.2, 0.25) is 5.76 Å². The van der Waals surface area contributed by atoms with Crippen molar-refractivity contribution in [2.75, 3.05) is 6.61 Å². The average molecular weight is 166 g/mol. The van der Waals surface area contributed by atoms with E-state index in [2.05, 4.69) is 6.58 Å². The van der Waals surface area contributed by atoms with Gasteiger partial charge in [-0.1, -0.05) is 6.58 Å². The predicted octanol–water partition coefficient (Wildman–Crippen LogP) is 2.10. The van der Waals surface area contributed by atoms with Gasteiger partial charge < -0.3 is 9.15 Å². The van der Waals surface area contributed by atoms with Crippen LogP contribution in [0.1, 0.15) is 23.2 Å². The predicted molar refractivity (Wildman–Crippen MR) is 44.8 cm³/mol. The van der Waals surface area contributed by atoms with Crippen LogP contribution in [0.5, 0.6) is 0 Å². The van der Waals surface area contributed by atoms with Gasteiger partial charge >= 0.3 is 5.97 Å². The molecule has 0 fully saturated rings. The molecule has 64 valence electrons. The average Bonchev–Trinajstić information content (AvgIpc) is 2.52. The van der Waals surface area contributed by atoms with Crippen molar-refractivity contribution in [3.63, 3.8) is 0 Å². The third-order valence-electron chi connectivity index (χ3n) is 1.30. The summed E-state index contributed by atoms with van der Waals surface area (Å²) in [6, 6.07) is 3.23. The first kappa shape index (κ1) is 8.59. The fourth-order valence-electron chi connectivity index (χ4n) is 0.774. The quantitative estimate of drug-likeness (QED) is 0.645. The molecular weight excluding hydrogens is 156 g/mol. The van der Waals surface area contributed by atoms with Crippen molar-refractivity contribution in [1.82, 2.24) is 0 Å². The highest BCUT2D eigenvalue weighted by atomic mass is 16.5. The van der Waals surface area contributed by atoms with Gasteiger partial charge in [-0.2, -0.15) is 0 Å². The van der Waals surface area contributed by atoms with Crippen molar-refractivity contribution < 1.29 is 13.9 Å². The summed E-state index contributed by atoms with van der Waals surface area (Å²) >= 11 is 0. The number of carbonyl (C=O) groups is 1. The molecule has 0 bridgehead atoms. The second-order valence-corrected chi connectivity index (χ2v) is 2.13. The summed E-state index contributed by atoms with van der Waals surface area (Å²) in [5.74, 6) is 0.343. The molecule has 0 N–H and O–H groups in total. The van der Waals surface area contributed by atoms with Crippen LogP contribution in [-0.2, 0) is 4.74 Å². The summed E-state index contributed by atoms with van der Waals surface area (Å²) in [4.78, 5) is 11.0. The van der Waals surface area contributed by atoms with Crippen molar-refractivity contribution in [1.29, 1.82) is 0 Å². The Morgan fingerprint density at radius 3 is 3.00 bits per heavy atom. The number of esters is 1. The van der Waals surface area contributed by atoms with E-state index in [1.54, 1.807) is 19.1 Å². The molecule has 3 heteroatoms. The van der Waals surface area contributed by atoms with Crippen LogP contribution in [0.3, 0.4) is 0 Å². The smallest absolute Gasteiger partial charge is 0.374 e. The Labute approximate surface area is 70.6 Å². The highest BCUT2D eigenvalue weighted by molar-refractivity contribution is 5.86. The molecule has 1 aromatic heterocycles. The molecule has 0 atom stereocenters. The van der Waals surface area contributed by atoms with E-state index in [-0.39, 0.29) is 5.76 Å². The standard InChI is InChI=1S/C9H10O3/c1-3-7-5-6-8(12-7)9(10)11-4-2/h3,5-6H,1,4H2,2H3. The number of hydrogen-bond donors (Lipinski definition) is 0. The zero-order valence-electron chi connectivity index (χ0n) is 6.87. The normalized spacial score (nSPS) is 9.42. The van der Waals surface area contributed by atoms with E-state index in [0.29, 0.717) is 12.4 Å². The highest BCUT2D eigenvalue weighted by Crippen LogP contribution is 2.09. The lowest BCUT2D eigenvalue weighted by Crippen LogP contribution is -2.02. The Morgan fingerprint density at radius 1 is 1.75 bits per heavy atom. The summed E-state index contributed by atoms with van der Waals surface area (Å²) in [5, 5.41) is 0. The summed E-state index contributed by atoms with van der Waals surface area (Å²) in [6.45, 7) is 5.60. The maximum absolute atomic E-state index is 11.0. The number of carbonyl (C=O) groups excluding carboxylic acids is 1. The molecule has 0 aliphatic rings. The summed E-state index contributed by atoms with van der Waals surface area (Å²) in [5.41, 5.74) is 0. The highest BCUT2D eigenvalue weighted by Gasteiger charge is 2.09. The second-order valence-electron chi connectivity index (χ2n) is 2.13. The monoisotopic (exact) mass is 166 g/mol. The molecule has 0 saturated carbocycles. The molecule has 1 aromatic rings. The second kappa shape index (κ2) is 3.76. The van der Waals surface area contributed by atoms with Crippen LogP contribution in [0.25, 0.3) is 6.08 Å². The lowest BCUT2D eigenvalue weighted by Gasteiger charge is -1.95. The summed E-state index contributed by atoms with van der Waals surface area (Å²) in [6.07, 6.45) is 1.53. The molecule has 12 heavy (non-hydrogen) atoms. The van der Waals surface area contributed by atoms with Gasteiger partial charge in [-0.05, 0) is 25.1 Å². The number of hydrogen-bond acceptors (Lipinski definition) is 3. The first-order valence-electron chi connectivity index (χ1n) is 3.67. The van der Waals surface area contributed by atoms with Gasteiger partial charge in [-0.25, -0.2) is 4.79 Å². The van der Waals surface area contributed by atoms with E-state index in [1.165, 1.54) is 6.08 Å². The lowest BCUT2D eigenvalue weighted by molar-refractivity contribution is 0.0489. The summed E-state index contributed by atoms with van der Waals surface area (Å²) < 4.78 is 9.77. The summed E-state index contributed by atoms with van der Waals surface area (Å²) in [7, 11) is 0. The van der Waals surface area contributed by atoms with Gasteiger partial charge in [0.05, 0.1) is 6.61 Å². The van der Waals surface area contributed by atoms with Gasteiger partial charge in [-0.15, -0.1) is 0 Å². The lowest BCUT2D eigenvalue weighted by atomic mass is 10.4. The third kappa shape index (κ3) is 1.75. The molecule has 0 saturated heterocycles. The van der Waals surface area contributed by atoms with Crippen molar-refractivity contribution in [2.24, 2.45) is 0 Å². The van der Waals surface area contributed by atoms with E-state index in [4.69, 9.17) is 9.15 Å². The minimum absolute atomic E-state index is 0.215. The van der Waals surface area contributed by atoms with Gasteiger partial charge in [0.25, 0.3) is 0 Å². The fraction of sp³-hybridized carbons (Fsp3) is 0.222. The molecule has 0 aliphatic carbocycles. The van der Waals surface area contributed by atoms with Crippen LogP contribution >= 0.6 is 0 Å². The van der Waals surface area contributed by atoms with E-state index in [0.717, 1.165) is 0 Å². The zero-order chi connectivity index (χ0) is 8.97. The van der Waals surface area contributed by atoms with Crippen molar-refractivity contribution >= 4 is 12.0 Å². The Kier molecular flexibility index (Phi) is 2.69. The molecule has 0 spiro atoms. The van der Waals surface area contributed by atoms with Crippen LogP contribution in [0.4, 0.5) is 0 Å². The largest absolute Gasteiger partial charge is 0.460 e. The van der Waals surface area contributed by atoms with E-state index in [1.807, 2.05) is 0 Å². The maximum Gasteiger partial charge on any atom is 0.374 e. The molecule has 3 nitrogen and oxygen atoms in total. The molecule has 0 unspecified atom stereocenters. The molecule has 1 heterocycles. The number of ether oxygens (including phenoxy) is 1. The zero-order valence-corrected chi connectivity index (χ0v) is 6.87. The van der Waals surface area contributed by atoms with E-state index < -0.39 is 5.97 Å². The molecule has 0 aromatic carbocycles. The molecular formula is C9H10O3. The topological polar surface area (TPSA) is 39.4 Å². The van der Waals surface area contributed by atoms with Gasteiger partial charge in [0.15, 0.2) is 0 Å². The molecule has 1 rings (SSSR count). The van der Waals surface area contributed by atoms with Crippen LogP contribution in [0.15, 0.2) is 23.1 Å². The van der Waals surface area contributed by atoms with Crippen LogP contribution in [0, 0.1) is 0 Å². The molecule has 0 amide bonds. The first-order valence-corrected chi connectivity index (χ1v) is 3.67. The Bertz CT molecular complexity index is 286. The fourth-order valence-corrected chi connectivity index (χ4v) is 0.774. The van der Waals surface area contributed by atoms with E-state index in [9.17, 15) is 4.79 Å². The van der Waals surface area contributed by atoms with Crippen LogP contribution in [0.2, 0.25) is 0 Å². The number of furan rings is 1. The Morgan fingerprint density at radius 2 is 2.50 bits per heavy atom. The Hall–Kier alpha value is -1.51. The number of rotatable bonds is 3. The molecule has 0 aliphatic heterocycles. The van der Waals surface area contributed by atoms with Crippen LogP contribution < -0.4 is 0 Å².